The van der Waals surface area contributed by atoms with Crippen LogP contribution in [0.1, 0.15) is 74.6 Å². The number of rotatable bonds is 3. The lowest BCUT2D eigenvalue weighted by atomic mass is 9.96. The van der Waals surface area contributed by atoms with Crippen LogP contribution in [0.15, 0.2) is 0 Å². The van der Waals surface area contributed by atoms with Crippen LogP contribution < -0.4 is 4.90 Å². The number of aromatic nitrogens is 2. The normalized spacial score (nSPS) is 22.1. The van der Waals surface area contributed by atoms with Crippen molar-refractivity contribution in [2.24, 2.45) is 0 Å². The SMILES string of the molecule is CC(C)c1nc(N2CCN(C3CCCC3)CC2)c2c3c(sc2n1)CCCC3. The second-order valence-electron chi connectivity index (χ2n) is 8.91. The molecule has 3 heterocycles. The number of anilines is 1. The minimum absolute atomic E-state index is 0.382. The van der Waals surface area contributed by atoms with Gasteiger partial charge in [-0.25, -0.2) is 9.97 Å². The van der Waals surface area contributed by atoms with Crippen LogP contribution in [0.25, 0.3) is 10.2 Å². The molecule has 2 aliphatic carbocycles. The Kier molecular flexibility index (Phi) is 4.85. The molecule has 1 saturated carbocycles. The van der Waals surface area contributed by atoms with Crippen molar-refractivity contribution < 1.29 is 0 Å². The average molecular weight is 385 g/mol. The van der Waals surface area contributed by atoms with Crippen LogP contribution >= 0.6 is 11.3 Å². The van der Waals surface area contributed by atoms with E-state index in [4.69, 9.17) is 9.97 Å². The zero-order valence-electron chi connectivity index (χ0n) is 16.8. The fourth-order valence-electron chi connectivity index (χ4n) is 5.21. The molecule has 27 heavy (non-hydrogen) atoms. The van der Waals surface area contributed by atoms with Gasteiger partial charge in [0.2, 0.25) is 0 Å². The standard InChI is InChI=1S/C22H32N4S/c1-15(2)20-23-21(19-17-9-5-6-10-18(17)27-22(19)24-20)26-13-11-25(12-14-26)16-7-3-4-8-16/h15-16H,3-14H2,1-2H3. The monoisotopic (exact) mass is 384 g/mol. The Labute approximate surface area is 167 Å². The molecule has 1 saturated heterocycles. The van der Waals surface area contributed by atoms with E-state index >= 15 is 0 Å². The summed E-state index contributed by atoms with van der Waals surface area (Å²) in [5.41, 5.74) is 1.57. The van der Waals surface area contributed by atoms with Gasteiger partial charge in [-0.15, -0.1) is 11.3 Å². The van der Waals surface area contributed by atoms with Gasteiger partial charge in [-0.05, 0) is 44.1 Å². The second kappa shape index (κ2) is 7.32. The first-order chi connectivity index (χ1) is 13.2. The van der Waals surface area contributed by atoms with Crippen molar-refractivity contribution in [1.82, 2.24) is 14.9 Å². The van der Waals surface area contributed by atoms with Gasteiger partial charge in [-0.2, -0.15) is 0 Å². The third-order valence-electron chi connectivity index (χ3n) is 6.78. The number of fused-ring (bicyclic) bond motifs is 3. The fraction of sp³-hybridized carbons (Fsp3) is 0.727. The fourth-order valence-corrected chi connectivity index (χ4v) is 6.47. The van der Waals surface area contributed by atoms with Gasteiger partial charge >= 0.3 is 0 Å². The van der Waals surface area contributed by atoms with Crippen LogP contribution in [0, 0.1) is 0 Å². The minimum Gasteiger partial charge on any atom is -0.353 e. The third-order valence-corrected chi connectivity index (χ3v) is 7.97. The van der Waals surface area contributed by atoms with Gasteiger partial charge in [0.15, 0.2) is 0 Å². The summed E-state index contributed by atoms with van der Waals surface area (Å²) in [5, 5.41) is 1.40. The molecule has 2 aromatic rings. The molecule has 0 unspecified atom stereocenters. The van der Waals surface area contributed by atoms with E-state index in [1.165, 1.54) is 80.5 Å². The summed E-state index contributed by atoms with van der Waals surface area (Å²) in [6.07, 6.45) is 10.8. The van der Waals surface area contributed by atoms with Crippen molar-refractivity contribution >= 4 is 27.4 Å². The summed E-state index contributed by atoms with van der Waals surface area (Å²) in [6.45, 7) is 9.06. The molecule has 3 aliphatic rings. The zero-order chi connectivity index (χ0) is 18.4. The first-order valence-electron chi connectivity index (χ1n) is 11.0. The van der Waals surface area contributed by atoms with Crippen molar-refractivity contribution in [2.45, 2.75) is 77.2 Å². The highest BCUT2D eigenvalue weighted by Gasteiger charge is 2.29. The summed E-state index contributed by atoms with van der Waals surface area (Å²) in [6, 6.07) is 0.845. The Hall–Kier alpha value is -1.20. The third kappa shape index (κ3) is 3.27. The minimum atomic E-state index is 0.382. The van der Waals surface area contributed by atoms with Crippen LogP contribution in [-0.2, 0) is 12.8 Å². The summed E-state index contributed by atoms with van der Waals surface area (Å²) in [7, 11) is 0. The highest BCUT2D eigenvalue weighted by atomic mass is 32.1. The maximum absolute atomic E-state index is 5.13. The highest BCUT2D eigenvalue weighted by molar-refractivity contribution is 7.19. The molecule has 146 valence electrons. The molecule has 4 nitrogen and oxygen atoms in total. The van der Waals surface area contributed by atoms with Gasteiger partial charge in [0.25, 0.3) is 0 Å². The lowest BCUT2D eigenvalue weighted by Crippen LogP contribution is -2.50. The molecular weight excluding hydrogens is 352 g/mol. The molecule has 0 bridgehead atoms. The molecular formula is C22H32N4S. The van der Waals surface area contributed by atoms with E-state index in [0.29, 0.717) is 5.92 Å². The summed E-state index contributed by atoms with van der Waals surface area (Å²) in [5.74, 6) is 2.65. The summed E-state index contributed by atoms with van der Waals surface area (Å²) >= 11 is 1.94. The van der Waals surface area contributed by atoms with Crippen molar-refractivity contribution in [3.8, 4) is 0 Å². The molecule has 5 rings (SSSR count). The second-order valence-corrected chi connectivity index (χ2v) is 10.00. The summed E-state index contributed by atoms with van der Waals surface area (Å²) in [4.78, 5) is 18.3. The Morgan fingerprint density at radius 1 is 0.926 bits per heavy atom. The smallest absolute Gasteiger partial charge is 0.141 e. The van der Waals surface area contributed by atoms with Crippen LogP contribution in [0.3, 0.4) is 0 Å². The van der Waals surface area contributed by atoms with Gasteiger partial charge < -0.3 is 4.90 Å². The molecule has 5 heteroatoms. The van der Waals surface area contributed by atoms with Crippen molar-refractivity contribution in [3.05, 3.63) is 16.3 Å². The van der Waals surface area contributed by atoms with Gasteiger partial charge in [-0.1, -0.05) is 26.7 Å². The molecule has 0 atom stereocenters. The molecule has 0 spiro atoms. The number of nitrogens with zero attached hydrogens (tertiary/aromatic N) is 4. The highest BCUT2D eigenvalue weighted by Crippen LogP contribution is 2.40. The molecule has 0 aromatic carbocycles. The van der Waals surface area contributed by atoms with Gasteiger partial charge in [0.1, 0.15) is 16.5 Å². The van der Waals surface area contributed by atoms with Gasteiger partial charge in [-0.3, -0.25) is 4.90 Å². The maximum Gasteiger partial charge on any atom is 0.141 e. The van der Waals surface area contributed by atoms with E-state index in [1.54, 1.807) is 10.4 Å². The molecule has 0 N–H and O–H groups in total. The zero-order valence-corrected chi connectivity index (χ0v) is 17.7. The van der Waals surface area contributed by atoms with E-state index in [9.17, 15) is 0 Å². The van der Waals surface area contributed by atoms with E-state index in [-0.39, 0.29) is 0 Å². The number of aryl methyl sites for hydroxylation is 2. The van der Waals surface area contributed by atoms with Crippen molar-refractivity contribution in [2.75, 3.05) is 31.1 Å². The molecule has 2 aromatic heterocycles. The van der Waals surface area contributed by atoms with E-state index in [2.05, 4.69) is 23.6 Å². The van der Waals surface area contributed by atoms with Crippen LogP contribution in [0.5, 0.6) is 0 Å². The first kappa shape index (κ1) is 17.9. The van der Waals surface area contributed by atoms with Crippen LogP contribution in [-0.4, -0.2) is 47.1 Å². The maximum atomic E-state index is 5.13. The van der Waals surface area contributed by atoms with Crippen molar-refractivity contribution in [1.29, 1.82) is 0 Å². The molecule has 2 fully saturated rings. The van der Waals surface area contributed by atoms with Crippen LogP contribution in [0.4, 0.5) is 5.82 Å². The van der Waals surface area contributed by atoms with Crippen molar-refractivity contribution in [3.63, 3.8) is 0 Å². The lowest BCUT2D eigenvalue weighted by Gasteiger charge is -2.39. The average Bonchev–Trinajstić information content (AvgIpc) is 3.35. The predicted octanol–water partition coefficient (Wildman–Crippen LogP) is 4.76. The first-order valence-corrected chi connectivity index (χ1v) is 11.8. The Morgan fingerprint density at radius 2 is 1.67 bits per heavy atom. The number of thiophene rings is 1. The Bertz CT molecular complexity index is 813. The molecule has 0 radical (unpaired) electrons. The topological polar surface area (TPSA) is 32.3 Å². The lowest BCUT2D eigenvalue weighted by molar-refractivity contribution is 0.187. The predicted molar refractivity (Wildman–Crippen MR) is 114 cm³/mol. The number of hydrogen-bond acceptors (Lipinski definition) is 5. The van der Waals surface area contributed by atoms with Crippen LogP contribution in [0.2, 0.25) is 0 Å². The Balaban J connectivity index is 1.49. The Morgan fingerprint density at radius 3 is 2.41 bits per heavy atom. The quantitative estimate of drug-likeness (QED) is 0.764. The summed E-state index contributed by atoms with van der Waals surface area (Å²) < 4.78 is 0. The van der Waals surface area contributed by atoms with E-state index in [1.807, 2.05) is 11.3 Å². The number of hydrogen-bond donors (Lipinski definition) is 0. The number of piperazine rings is 1. The van der Waals surface area contributed by atoms with E-state index < -0.39 is 0 Å². The van der Waals surface area contributed by atoms with E-state index in [0.717, 1.165) is 25.0 Å². The van der Waals surface area contributed by atoms with Gasteiger partial charge in [0.05, 0.1) is 5.39 Å². The molecule has 1 aliphatic heterocycles. The largest absolute Gasteiger partial charge is 0.353 e. The molecule has 0 amide bonds. The van der Waals surface area contributed by atoms with Gasteiger partial charge in [0, 0.05) is 43.0 Å².